The first-order valence-electron chi connectivity index (χ1n) is 8.88. The molecule has 0 spiro atoms. The fraction of sp³-hybridized carbons (Fsp3) is 0.368. The van der Waals surface area contributed by atoms with E-state index in [1.54, 1.807) is 17.2 Å². The minimum Gasteiger partial charge on any atom is -0.334 e. The maximum absolute atomic E-state index is 12.6. The van der Waals surface area contributed by atoms with Crippen LogP contribution in [0.5, 0.6) is 0 Å². The first kappa shape index (κ1) is 18.6. The fourth-order valence-electron chi connectivity index (χ4n) is 2.83. The molecule has 142 valence electrons. The van der Waals surface area contributed by atoms with Gasteiger partial charge in [-0.15, -0.1) is 0 Å². The summed E-state index contributed by atoms with van der Waals surface area (Å²) in [7, 11) is 0. The zero-order valence-electron chi connectivity index (χ0n) is 16.0. The molecule has 2 N–H and O–H groups in total. The molecule has 0 aliphatic heterocycles. The second-order valence-corrected chi connectivity index (χ2v) is 7.47. The van der Waals surface area contributed by atoms with E-state index in [0.717, 1.165) is 11.1 Å². The van der Waals surface area contributed by atoms with Gasteiger partial charge >= 0.3 is 6.03 Å². The number of carbonyl (C=O) groups is 1. The molecule has 0 aliphatic carbocycles. The maximum atomic E-state index is 12.6. The zero-order chi connectivity index (χ0) is 19.4. The molecule has 1 aromatic carbocycles. The van der Waals surface area contributed by atoms with Crippen molar-refractivity contribution in [3.8, 4) is 11.1 Å². The summed E-state index contributed by atoms with van der Waals surface area (Å²) in [4.78, 5) is 16.5. The minimum atomic E-state index is -0.286. The average molecular weight is 367 g/mol. The van der Waals surface area contributed by atoms with Crippen LogP contribution < -0.4 is 10.6 Å². The number of benzene rings is 1. The zero-order valence-corrected chi connectivity index (χ0v) is 16.0. The number of amides is 2. The molecule has 8 nitrogen and oxygen atoms in total. The van der Waals surface area contributed by atoms with E-state index in [0.29, 0.717) is 12.4 Å². The predicted octanol–water partition coefficient (Wildman–Crippen LogP) is 3.11. The molecule has 8 heteroatoms. The quantitative estimate of drug-likeness (QED) is 0.725. The molecule has 1 atom stereocenters. The molecule has 0 saturated heterocycles. The van der Waals surface area contributed by atoms with Crippen LogP contribution in [-0.4, -0.2) is 36.6 Å². The van der Waals surface area contributed by atoms with Crippen molar-refractivity contribution in [1.29, 1.82) is 0 Å². The van der Waals surface area contributed by atoms with E-state index in [4.69, 9.17) is 0 Å². The fourth-order valence-corrected chi connectivity index (χ4v) is 2.83. The van der Waals surface area contributed by atoms with Crippen LogP contribution in [0.4, 0.5) is 10.6 Å². The Labute approximate surface area is 158 Å². The lowest BCUT2D eigenvalue weighted by molar-refractivity contribution is 0.247. The summed E-state index contributed by atoms with van der Waals surface area (Å²) in [5, 5.41) is 14.5. The molecule has 0 radical (unpaired) electrons. The second-order valence-electron chi connectivity index (χ2n) is 7.47. The van der Waals surface area contributed by atoms with Crippen molar-refractivity contribution in [2.24, 2.45) is 0 Å². The number of aromatic nitrogens is 5. The first-order valence-corrected chi connectivity index (χ1v) is 8.88. The molecule has 0 unspecified atom stereocenters. The molecular weight excluding hydrogens is 342 g/mol. The van der Waals surface area contributed by atoms with E-state index in [2.05, 4.69) is 25.8 Å². The number of anilines is 1. The van der Waals surface area contributed by atoms with E-state index in [9.17, 15) is 4.79 Å². The Morgan fingerprint density at radius 3 is 2.56 bits per heavy atom. The topological polar surface area (TPSA) is 89.7 Å². The van der Waals surface area contributed by atoms with Gasteiger partial charge in [0, 0.05) is 11.6 Å². The standard InChI is InChI=1S/C19H25N7O/c1-14(11-25-13-20-12-22-25)23-18(27)24-17-16(15-8-6-5-7-9-15)10-21-26(17)19(2,3)4/h5-10,12-14H,11H2,1-4H3,(H2,23,24,27)/t14-/m1/s1. The minimum absolute atomic E-state index is 0.113. The lowest BCUT2D eigenvalue weighted by Gasteiger charge is -2.23. The van der Waals surface area contributed by atoms with Crippen LogP contribution >= 0.6 is 0 Å². The van der Waals surface area contributed by atoms with E-state index >= 15 is 0 Å². The van der Waals surface area contributed by atoms with Gasteiger partial charge in [-0.2, -0.15) is 10.2 Å². The van der Waals surface area contributed by atoms with Gasteiger partial charge in [0.2, 0.25) is 0 Å². The lowest BCUT2D eigenvalue weighted by Crippen LogP contribution is -2.39. The molecule has 27 heavy (non-hydrogen) atoms. The maximum Gasteiger partial charge on any atom is 0.320 e. The van der Waals surface area contributed by atoms with Gasteiger partial charge in [-0.1, -0.05) is 30.3 Å². The highest BCUT2D eigenvalue weighted by Crippen LogP contribution is 2.31. The van der Waals surface area contributed by atoms with Gasteiger partial charge in [0.1, 0.15) is 18.5 Å². The van der Waals surface area contributed by atoms with Crippen LogP contribution in [0.1, 0.15) is 27.7 Å². The van der Waals surface area contributed by atoms with Gasteiger partial charge in [-0.05, 0) is 33.3 Å². The smallest absolute Gasteiger partial charge is 0.320 e. The van der Waals surface area contributed by atoms with Gasteiger partial charge in [0.15, 0.2) is 0 Å². The molecule has 0 bridgehead atoms. The largest absolute Gasteiger partial charge is 0.334 e. The van der Waals surface area contributed by atoms with Crippen LogP contribution in [0.15, 0.2) is 49.2 Å². The number of hydrogen-bond donors (Lipinski definition) is 2. The summed E-state index contributed by atoms with van der Waals surface area (Å²) in [6.07, 6.45) is 4.88. The van der Waals surface area contributed by atoms with Crippen molar-refractivity contribution in [3.05, 3.63) is 49.2 Å². The SMILES string of the molecule is C[C@H](Cn1cncn1)NC(=O)Nc1c(-c2ccccc2)cnn1C(C)(C)C. The molecule has 2 amide bonds. The Kier molecular flexibility index (Phi) is 5.25. The molecule has 3 aromatic rings. The van der Waals surface area contributed by atoms with Gasteiger partial charge < -0.3 is 5.32 Å². The van der Waals surface area contributed by atoms with Gasteiger partial charge in [-0.3, -0.25) is 10.00 Å². The Bertz CT molecular complexity index is 879. The normalized spacial score (nSPS) is 12.6. The molecule has 3 rings (SSSR count). The van der Waals surface area contributed by atoms with E-state index in [-0.39, 0.29) is 17.6 Å². The van der Waals surface area contributed by atoms with Gasteiger partial charge in [-0.25, -0.2) is 14.5 Å². The number of hydrogen-bond acceptors (Lipinski definition) is 4. The van der Waals surface area contributed by atoms with E-state index < -0.39 is 0 Å². The highest BCUT2D eigenvalue weighted by Gasteiger charge is 2.23. The monoisotopic (exact) mass is 367 g/mol. The van der Waals surface area contributed by atoms with Crippen LogP contribution in [0, 0.1) is 0 Å². The summed E-state index contributed by atoms with van der Waals surface area (Å²) < 4.78 is 3.51. The molecular formula is C19H25N7O. The Balaban J connectivity index is 1.80. The second kappa shape index (κ2) is 7.61. The molecule has 2 heterocycles. The van der Waals surface area contributed by atoms with Gasteiger partial charge in [0.05, 0.1) is 18.3 Å². The highest BCUT2D eigenvalue weighted by molar-refractivity contribution is 5.93. The summed E-state index contributed by atoms with van der Waals surface area (Å²) in [5.74, 6) is 0.666. The molecule has 2 aromatic heterocycles. The third-order valence-electron chi connectivity index (χ3n) is 4.03. The summed E-state index contributed by atoms with van der Waals surface area (Å²) >= 11 is 0. The van der Waals surface area contributed by atoms with Crippen molar-refractivity contribution in [3.63, 3.8) is 0 Å². The summed E-state index contributed by atoms with van der Waals surface area (Å²) in [6.45, 7) is 8.60. The Morgan fingerprint density at radius 1 is 1.19 bits per heavy atom. The molecule has 0 aliphatic rings. The number of carbonyl (C=O) groups excluding carboxylic acids is 1. The predicted molar refractivity (Wildman–Crippen MR) is 104 cm³/mol. The van der Waals surface area contributed by atoms with E-state index in [1.165, 1.54) is 6.33 Å². The van der Waals surface area contributed by atoms with Gasteiger partial charge in [0.25, 0.3) is 0 Å². The Hall–Kier alpha value is -3.16. The first-order chi connectivity index (χ1) is 12.8. The number of urea groups is 1. The average Bonchev–Trinajstić information content (AvgIpc) is 3.24. The third kappa shape index (κ3) is 4.52. The Morgan fingerprint density at radius 2 is 1.93 bits per heavy atom. The van der Waals surface area contributed by atoms with Crippen LogP contribution in [0.3, 0.4) is 0 Å². The van der Waals surface area contributed by atoms with E-state index in [1.807, 2.05) is 62.7 Å². The van der Waals surface area contributed by atoms with Crippen molar-refractivity contribution >= 4 is 11.8 Å². The van der Waals surface area contributed by atoms with Crippen molar-refractivity contribution in [2.75, 3.05) is 5.32 Å². The van der Waals surface area contributed by atoms with Crippen molar-refractivity contribution in [1.82, 2.24) is 29.9 Å². The van der Waals surface area contributed by atoms with Crippen LogP contribution in [-0.2, 0) is 12.1 Å². The van der Waals surface area contributed by atoms with Crippen LogP contribution in [0.25, 0.3) is 11.1 Å². The van der Waals surface area contributed by atoms with Crippen LogP contribution in [0.2, 0.25) is 0 Å². The summed E-state index contributed by atoms with van der Waals surface area (Å²) in [6, 6.07) is 9.50. The lowest BCUT2D eigenvalue weighted by atomic mass is 10.1. The molecule has 0 fully saturated rings. The number of nitrogens with one attached hydrogen (secondary N) is 2. The third-order valence-corrected chi connectivity index (χ3v) is 4.03. The highest BCUT2D eigenvalue weighted by atomic mass is 16.2. The number of rotatable bonds is 5. The van der Waals surface area contributed by atoms with Crippen molar-refractivity contribution < 1.29 is 4.79 Å². The number of nitrogens with zero attached hydrogens (tertiary/aromatic N) is 5. The molecule has 0 saturated carbocycles. The summed E-state index contributed by atoms with van der Waals surface area (Å²) in [5.41, 5.74) is 1.60. The van der Waals surface area contributed by atoms with Crippen molar-refractivity contribution in [2.45, 2.75) is 45.8 Å².